The van der Waals surface area contributed by atoms with Gasteiger partial charge in [-0.05, 0) is 25.1 Å². The van der Waals surface area contributed by atoms with Crippen molar-refractivity contribution in [2.45, 2.75) is 33.2 Å². The van der Waals surface area contributed by atoms with Crippen LogP contribution in [0.25, 0.3) is 16.7 Å². The molecule has 1 N–H and O–H groups in total. The average molecular weight is 515 g/mol. The molecule has 0 saturated carbocycles. The van der Waals surface area contributed by atoms with Gasteiger partial charge in [0, 0.05) is 36.6 Å². The zero-order chi connectivity index (χ0) is 26.9. The van der Waals surface area contributed by atoms with Crippen LogP contribution in [0.15, 0.2) is 48.1 Å². The van der Waals surface area contributed by atoms with Crippen LogP contribution >= 0.6 is 0 Å². The number of alkyl halides is 3. The number of hydrogen-bond acceptors (Lipinski definition) is 8. The number of hydrogen-bond donors (Lipinski definition) is 1. The lowest BCUT2D eigenvalue weighted by atomic mass is 10.1. The third-order valence-corrected chi connectivity index (χ3v) is 5.41. The Morgan fingerprint density at radius 3 is 2.59 bits per heavy atom. The molecule has 194 valence electrons. The normalized spacial score (nSPS) is 15.1. The van der Waals surface area contributed by atoms with Crippen LogP contribution < -0.4 is 10.2 Å². The fourth-order valence-corrected chi connectivity index (χ4v) is 3.72. The van der Waals surface area contributed by atoms with E-state index in [1.165, 1.54) is 17.9 Å². The van der Waals surface area contributed by atoms with Crippen LogP contribution in [0.4, 0.5) is 13.2 Å². The number of pyridine rings is 2. The van der Waals surface area contributed by atoms with Crippen molar-refractivity contribution in [1.29, 1.82) is 0 Å². The second-order valence-electron chi connectivity index (χ2n) is 7.81. The van der Waals surface area contributed by atoms with Crippen molar-refractivity contribution in [2.24, 2.45) is 12.0 Å². The predicted octanol–water partition coefficient (Wildman–Crippen LogP) is 4.01. The Morgan fingerprint density at radius 1 is 1.19 bits per heavy atom. The number of ketones is 1. The van der Waals surface area contributed by atoms with Gasteiger partial charge in [0.25, 0.3) is 0 Å². The van der Waals surface area contributed by atoms with Gasteiger partial charge in [0.05, 0.1) is 24.7 Å². The number of fused-ring (bicyclic) bond motifs is 1. The van der Waals surface area contributed by atoms with Crippen molar-refractivity contribution >= 4 is 22.7 Å². The highest BCUT2D eigenvalue weighted by atomic mass is 19.4. The predicted molar refractivity (Wildman–Crippen MR) is 129 cm³/mol. The summed E-state index contributed by atoms with van der Waals surface area (Å²) < 4.78 is 48.2. The Balaban J connectivity index is 0.00000156. The highest BCUT2D eigenvalue weighted by molar-refractivity contribution is 6.11. The maximum Gasteiger partial charge on any atom is 0.417 e. The number of aliphatic imine (C=N–C) groups is 1. The van der Waals surface area contributed by atoms with Crippen molar-refractivity contribution in [1.82, 2.24) is 29.6 Å². The first kappa shape index (κ1) is 25.8. The molecule has 0 fully saturated rings. The number of carbonyl (C=O) groups excluding carboxylic acids is 1. The fourth-order valence-electron chi connectivity index (χ4n) is 3.72. The van der Waals surface area contributed by atoms with Crippen LogP contribution in [0, 0.1) is 6.92 Å². The van der Waals surface area contributed by atoms with Gasteiger partial charge in [-0.25, -0.2) is 30.3 Å². The quantitative estimate of drug-likeness (QED) is 0.400. The van der Waals surface area contributed by atoms with E-state index >= 15 is 0 Å². The number of nitrogens with zero attached hydrogens (tertiary/aromatic N) is 6. The minimum Gasteiger partial charge on any atom is -0.479 e. The molecule has 0 saturated heterocycles. The van der Waals surface area contributed by atoms with Gasteiger partial charge in [-0.3, -0.25) is 4.79 Å². The number of Topliss-reactive ketones (excluding diaryl/α,β-unsaturated/α-hetero) is 1. The Bertz CT molecular complexity index is 1490. The number of aryl methyl sites for hydroxylation is 2. The summed E-state index contributed by atoms with van der Waals surface area (Å²) in [6.45, 7) is 5.85. The van der Waals surface area contributed by atoms with E-state index in [1.54, 1.807) is 30.1 Å². The molecule has 0 radical (unpaired) electrons. The molecule has 13 heteroatoms. The van der Waals surface area contributed by atoms with E-state index < -0.39 is 23.8 Å². The van der Waals surface area contributed by atoms with Crippen LogP contribution in [-0.2, 0) is 18.1 Å². The summed E-state index contributed by atoms with van der Waals surface area (Å²) in [4.78, 5) is 35.2. The number of rotatable bonds is 5. The van der Waals surface area contributed by atoms with E-state index in [0.29, 0.717) is 17.3 Å². The SMILES string of the molecule is CC.COc1nc(C2=NC(C(=O)c3cn(C)c4ncc(C(F)(F)F)cc34)ON2)ccc1-n1cnc(C)c1. The van der Waals surface area contributed by atoms with Crippen LogP contribution in [-0.4, -0.2) is 49.0 Å². The van der Waals surface area contributed by atoms with Crippen LogP contribution in [0.2, 0.25) is 0 Å². The molecule has 1 aliphatic heterocycles. The van der Waals surface area contributed by atoms with Gasteiger partial charge in [-0.1, -0.05) is 13.8 Å². The topological polar surface area (TPSA) is 108 Å². The van der Waals surface area contributed by atoms with Crippen molar-refractivity contribution in [3.63, 3.8) is 0 Å². The molecule has 10 nitrogen and oxygen atoms in total. The van der Waals surface area contributed by atoms with E-state index in [1.807, 2.05) is 27.0 Å². The molecule has 0 amide bonds. The van der Waals surface area contributed by atoms with Gasteiger partial charge in [-0.2, -0.15) is 13.2 Å². The summed E-state index contributed by atoms with van der Waals surface area (Å²) in [6.07, 6.45) is -0.351. The monoisotopic (exact) mass is 515 g/mol. The highest BCUT2D eigenvalue weighted by Crippen LogP contribution is 2.32. The fraction of sp³-hybridized carbons (Fsp3) is 0.292. The van der Waals surface area contributed by atoms with E-state index in [4.69, 9.17) is 9.57 Å². The average Bonchev–Trinajstić information content (AvgIpc) is 3.63. The number of imidazole rings is 1. The second kappa shape index (κ2) is 10.0. The standard InChI is InChI=1S/C22H18F3N7O3.C2H6/c1-11-8-32(10-27-11)16-5-4-15(28-20(16)34-3)18-29-21(35-30-18)17(33)14-9-31(2)19-13(14)6-12(7-26-19)22(23,24)25;1-2/h4-10,21H,1-3H3,(H,29,30);1-2H3. The molecule has 37 heavy (non-hydrogen) atoms. The lowest BCUT2D eigenvalue weighted by Gasteiger charge is -2.09. The Kier molecular flexibility index (Phi) is 6.99. The lowest BCUT2D eigenvalue weighted by molar-refractivity contribution is -0.137. The number of aromatic nitrogens is 5. The van der Waals surface area contributed by atoms with E-state index in [9.17, 15) is 18.0 Å². The summed E-state index contributed by atoms with van der Waals surface area (Å²) in [5.41, 5.74) is 3.66. The lowest BCUT2D eigenvalue weighted by Crippen LogP contribution is -2.24. The van der Waals surface area contributed by atoms with Crippen molar-refractivity contribution < 1.29 is 27.5 Å². The number of carbonyl (C=O) groups is 1. The van der Waals surface area contributed by atoms with Crippen LogP contribution in [0.5, 0.6) is 5.88 Å². The first-order chi connectivity index (χ1) is 17.7. The third-order valence-electron chi connectivity index (χ3n) is 5.41. The highest BCUT2D eigenvalue weighted by Gasteiger charge is 2.34. The van der Waals surface area contributed by atoms with E-state index in [2.05, 4.69) is 25.4 Å². The maximum atomic E-state index is 13.2. The van der Waals surface area contributed by atoms with Gasteiger partial charge >= 0.3 is 6.18 Å². The number of methoxy groups -OCH3 is 1. The summed E-state index contributed by atoms with van der Waals surface area (Å²) in [6, 6.07) is 4.30. The largest absolute Gasteiger partial charge is 0.479 e. The summed E-state index contributed by atoms with van der Waals surface area (Å²) in [5, 5.41) is 0.0550. The van der Waals surface area contributed by atoms with Crippen LogP contribution in [0.3, 0.4) is 0 Å². The third kappa shape index (κ3) is 4.89. The number of hydroxylamine groups is 1. The first-order valence-electron chi connectivity index (χ1n) is 11.3. The molecule has 4 aromatic rings. The molecule has 1 unspecified atom stereocenters. The summed E-state index contributed by atoms with van der Waals surface area (Å²) in [7, 11) is 3.05. The van der Waals surface area contributed by atoms with Gasteiger partial charge in [0.1, 0.15) is 17.0 Å². The molecule has 1 atom stereocenters. The summed E-state index contributed by atoms with van der Waals surface area (Å²) >= 11 is 0. The molecule has 5 rings (SSSR count). The van der Waals surface area contributed by atoms with Gasteiger partial charge in [-0.15, -0.1) is 0 Å². The Labute approximate surface area is 209 Å². The Hall–Kier alpha value is -4.26. The number of ether oxygens (including phenoxy) is 1. The first-order valence-corrected chi connectivity index (χ1v) is 11.3. The van der Waals surface area contributed by atoms with Gasteiger partial charge in [0.2, 0.25) is 17.9 Å². The second-order valence-corrected chi connectivity index (χ2v) is 7.81. The molecule has 4 aromatic heterocycles. The molecular weight excluding hydrogens is 491 g/mol. The number of nitrogens with one attached hydrogen (secondary N) is 1. The molecular formula is C24H24F3N7O3. The molecule has 1 aliphatic rings. The van der Waals surface area contributed by atoms with Gasteiger partial charge < -0.3 is 13.9 Å². The molecule has 0 spiro atoms. The van der Waals surface area contributed by atoms with Crippen molar-refractivity contribution in [2.75, 3.05) is 7.11 Å². The smallest absolute Gasteiger partial charge is 0.417 e. The Morgan fingerprint density at radius 2 is 1.95 bits per heavy atom. The molecule has 5 heterocycles. The van der Waals surface area contributed by atoms with E-state index in [0.717, 1.165) is 18.0 Å². The van der Waals surface area contributed by atoms with Crippen molar-refractivity contribution in [3.05, 3.63) is 65.6 Å². The molecule has 0 bridgehead atoms. The molecule has 0 aliphatic carbocycles. The minimum atomic E-state index is -4.60. The minimum absolute atomic E-state index is 0.00858. The van der Waals surface area contributed by atoms with E-state index in [-0.39, 0.29) is 22.4 Å². The van der Waals surface area contributed by atoms with Crippen molar-refractivity contribution in [3.8, 4) is 11.6 Å². The summed E-state index contributed by atoms with van der Waals surface area (Å²) in [5.74, 6) is -0.167. The zero-order valence-electron chi connectivity index (χ0n) is 20.7. The maximum absolute atomic E-state index is 13.2. The number of halogens is 3. The zero-order valence-corrected chi connectivity index (χ0v) is 20.7. The van der Waals surface area contributed by atoms with Crippen LogP contribution in [0.1, 0.15) is 41.2 Å². The van der Waals surface area contributed by atoms with Gasteiger partial charge in [0.15, 0.2) is 5.84 Å². The molecule has 0 aromatic carbocycles. The number of amidine groups is 1.